The van der Waals surface area contributed by atoms with Gasteiger partial charge in [0.1, 0.15) is 23.3 Å². The maximum Gasteiger partial charge on any atom is 0.159 e. The molecule has 0 fully saturated rings. The van der Waals surface area contributed by atoms with E-state index in [1.165, 1.54) is 70.1 Å². The van der Waals surface area contributed by atoms with Crippen molar-refractivity contribution in [3.8, 4) is 11.1 Å². The molecular weight excluding hydrogens is 775 g/mol. The van der Waals surface area contributed by atoms with Crippen LogP contribution >= 0.6 is 11.3 Å². The lowest BCUT2D eigenvalue weighted by Gasteiger charge is -2.24. The van der Waals surface area contributed by atoms with Crippen LogP contribution in [0, 0.1) is 0 Å². The van der Waals surface area contributed by atoms with Gasteiger partial charge in [-0.2, -0.15) is 0 Å². The van der Waals surface area contributed by atoms with Gasteiger partial charge < -0.3 is 9.73 Å². The van der Waals surface area contributed by atoms with Gasteiger partial charge in [0.25, 0.3) is 0 Å². The topological polar surface area (TPSA) is 49.9 Å². The second-order valence-corrected chi connectivity index (χ2v) is 17.5. The molecule has 4 nitrogen and oxygen atoms in total. The molecule has 0 bridgehead atoms. The largest absolute Gasteiger partial charge is 0.460 e. The Morgan fingerprint density at radius 2 is 1.34 bits per heavy atom. The van der Waals surface area contributed by atoms with Crippen molar-refractivity contribution in [2.75, 3.05) is 0 Å². The second kappa shape index (κ2) is 15.3. The van der Waals surface area contributed by atoms with Gasteiger partial charge in [0, 0.05) is 54.6 Å². The van der Waals surface area contributed by atoms with E-state index in [1.807, 2.05) is 23.5 Å². The molecule has 2 atom stereocenters. The van der Waals surface area contributed by atoms with Gasteiger partial charge in [-0.3, -0.25) is 0 Å². The van der Waals surface area contributed by atoms with Crippen molar-refractivity contribution in [3.63, 3.8) is 0 Å². The van der Waals surface area contributed by atoms with Crippen LogP contribution < -0.4 is 5.32 Å². The number of aliphatic imine (C=N–C) groups is 2. The molecule has 0 amide bonds. The molecule has 0 saturated carbocycles. The number of amidine groups is 2. The van der Waals surface area contributed by atoms with E-state index in [2.05, 4.69) is 187 Å². The van der Waals surface area contributed by atoms with Gasteiger partial charge in [-0.15, -0.1) is 11.3 Å². The van der Waals surface area contributed by atoms with Crippen LogP contribution in [0.2, 0.25) is 0 Å². The van der Waals surface area contributed by atoms with Gasteiger partial charge in [-0.1, -0.05) is 170 Å². The lowest BCUT2D eigenvalue weighted by Crippen LogP contribution is -2.33. The molecule has 7 aromatic carbocycles. The molecular formula is C57H41N3OS. The molecule has 2 aromatic heterocycles. The molecule has 2 unspecified atom stereocenters. The monoisotopic (exact) mass is 815 g/mol. The highest BCUT2D eigenvalue weighted by molar-refractivity contribution is 7.25. The third-order valence-electron chi connectivity index (χ3n) is 12.6. The molecule has 12 rings (SSSR count). The Morgan fingerprint density at radius 3 is 2.18 bits per heavy atom. The molecule has 62 heavy (non-hydrogen) atoms. The van der Waals surface area contributed by atoms with Crippen LogP contribution in [0.25, 0.3) is 53.4 Å². The highest BCUT2D eigenvalue weighted by atomic mass is 32.1. The Bertz CT molecular complexity index is 3330. The predicted octanol–water partition coefficient (Wildman–Crippen LogP) is 14.5. The number of furan rings is 1. The lowest BCUT2D eigenvalue weighted by atomic mass is 9.85. The van der Waals surface area contributed by atoms with E-state index >= 15 is 0 Å². The van der Waals surface area contributed by atoms with E-state index in [9.17, 15) is 0 Å². The van der Waals surface area contributed by atoms with Crippen molar-refractivity contribution in [2.45, 2.75) is 31.3 Å². The van der Waals surface area contributed by atoms with E-state index in [0.29, 0.717) is 0 Å². The number of thiophene rings is 1. The smallest absolute Gasteiger partial charge is 0.159 e. The fraction of sp³-hybridized carbons (Fsp3) is 0.0877. The maximum absolute atomic E-state index is 6.31. The summed E-state index contributed by atoms with van der Waals surface area (Å²) in [6.07, 6.45) is 11.7. The molecule has 1 N–H and O–H groups in total. The van der Waals surface area contributed by atoms with Crippen molar-refractivity contribution in [2.24, 2.45) is 9.98 Å². The van der Waals surface area contributed by atoms with Crippen molar-refractivity contribution >= 4 is 65.3 Å². The van der Waals surface area contributed by atoms with Crippen molar-refractivity contribution in [1.82, 2.24) is 5.32 Å². The number of nitrogens with one attached hydrogen (secondary N) is 1. The van der Waals surface area contributed by atoms with Crippen LogP contribution in [0.15, 0.2) is 209 Å². The van der Waals surface area contributed by atoms with Gasteiger partial charge >= 0.3 is 0 Å². The minimum Gasteiger partial charge on any atom is -0.460 e. The van der Waals surface area contributed by atoms with E-state index in [1.54, 1.807) is 0 Å². The van der Waals surface area contributed by atoms with Crippen molar-refractivity contribution in [3.05, 3.63) is 239 Å². The lowest BCUT2D eigenvalue weighted by molar-refractivity contribution is 0.545. The first-order valence-corrected chi connectivity index (χ1v) is 22.3. The Labute approximate surface area is 364 Å². The number of para-hydroxylation sites is 1. The van der Waals surface area contributed by atoms with Crippen LogP contribution in [-0.4, -0.2) is 11.7 Å². The number of nitrogens with zero attached hydrogens (tertiary/aromatic N) is 2. The van der Waals surface area contributed by atoms with E-state index in [0.717, 1.165) is 59.0 Å². The minimum atomic E-state index is -0.326. The molecule has 2 aliphatic carbocycles. The van der Waals surface area contributed by atoms with Crippen LogP contribution in [0.4, 0.5) is 0 Å². The number of hydrogen-bond acceptors (Lipinski definition) is 5. The summed E-state index contributed by atoms with van der Waals surface area (Å²) in [5, 5.41) is 7.46. The van der Waals surface area contributed by atoms with Crippen LogP contribution in [0.5, 0.6) is 0 Å². The summed E-state index contributed by atoms with van der Waals surface area (Å²) in [6, 6.07) is 60.9. The van der Waals surface area contributed by atoms with Crippen molar-refractivity contribution in [1.29, 1.82) is 0 Å². The first-order valence-electron chi connectivity index (χ1n) is 21.5. The summed E-state index contributed by atoms with van der Waals surface area (Å²) < 4.78 is 8.82. The highest BCUT2D eigenvalue weighted by Crippen LogP contribution is 2.42. The first kappa shape index (κ1) is 36.5. The Balaban J connectivity index is 0.875. The van der Waals surface area contributed by atoms with Gasteiger partial charge in [0.15, 0.2) is 5.84 Å². The maximum atomic E-state index is 6.31. The van der Waals surface area contributed by atoms with Crippen LogP contribution in [-0.2, 0) is 6.42 Å². The number of hydrogen-bond donors (Lipinski definition) is 1. The zero-order valence-corrected chi connectivity index (χ0v) is 34.8. The Hall–Kier alpha value is -7.34. The quantitative estimate of drug-likeness (QED) is 0.174. The molecule has 3 aliphatic rings. The first-order chi connectivity index (χ1) is 30.7. The summed E-state index contributed by atoms with van der Waals surface area (Å²) in [7, 11) is 0. The minimum absolute atomic E-state index is 0.271. The number of benzene rings is 7. The molecule has 3 heterocycles. The zero-order valence-electron chi connectivity index (χ0n) is 34.0. The van der Waals surface area contributed by atoms with Gasteiger partial charge in [0.05, 0.1) is 0 Å². The molecule has 1 aliphatic heterocycles. The summed E-state index contributed by atoms with van der Waals surface area (Å²) in [5.41, 5.74) is 14.2. The molecule has 296 valence electrons. The number of aryl methyl sites for hydroxylation is 1. The molecule has 0 radical (unpaired) electrons. The second-order valence-electron chi connectivity index (χ2n) is 16.4. The molecule has 0 spiro atoms. The fourth-order valence-electron chi connectivity index (χ4n) is 9.50. The average Bonchev–Trinajstić information content (AvgIpc) is 3.93. The Kier molecular flexibility index (Phi) is 9.00. The van der Waals surface area contributed by atoms with E-state index < -0.39 is 0 Å². The van der Waals surface area contributed by atoms with E-state index in [-0.39, 0.29) is 12.1 Å². The SMILES string of the molecule is C1=CC(c2ccc3sc4cccc(C5=NC(c6ccccc6)=NC(c6ccc(C7=CCCc8oc9ccccc9c87)cc6)N5)c4c3c2)CC(c2ccc(-c3ccccc3)cc2)=C1. The van der Waals surface area contributed by atoms with Crippen LogP contribution in [0.1, 0.15) is 69.6 Å². The third-order valence-corrected chi connectivity index (χ3v) is 13.8. The molecule has 0 saturated heterocycles. The standard InChI is InChI=1S/C57H41N3OS/c1-3-12-36(13-4-1)37-24-26-38(27-25-37)42-16-9-17-43(34-42)44-32-33-51-48(35-44)54-47(20-11-23-52(54)62-51)57-59-55(40-14-5-2-6-15-40)58-56(60-57)41-30-28-39(29-31-41)45-19-10-22-50-53(45)46-18-7-8-21-49(46)61-50/h1-9,11-21,23-33,35,43,56H,10,22,34H2,(H,58,59,60). The molecule has 9 aromatic rings. The molecule has 5 heteroatoms. The van der Waals surface area contributed by atoms with Gasteiger partial charge in [-0.05, 0) is 81.6 Å². The summed E-state index contributed by atoms with van der Waals surface area (Å²) in [4.78, 5) is 10.5. The normalized spacial score (nSPS) is 17.3. The summed E-state index contributed by atoms with van der Waals surface area (Å²) in [6.45, 7) is 0. The van der Waals surface area contributed by atoms with Gasteiger partial charge in [0.2, 0.25) is 0 Å². The predicted molar refractivity (Wildman–Crippen MR) is 259 cm³/mol. The zero-order chi connectivity index (χ0) is 41.0. The van der Waals surface area contributed by atoms with Gasteiger partial charge in [-0.25, -0.2) is 9.98 Å². The number of allylic oxidation sites excluding steroid dienone is 5. The van der Waals surface area contributed by atoms with Crippen molar-refractivity contribution < 1.29 is 4.42 Å². The Morgan fingerprint density at radius 1 is 0.613 bits per heavy atom. The average molecular weight is 816 g/mol. The van der Waals surface area contributed by atoms with Crippen LogP contribution in [0.3, 0.4) is 0 Å². The summed E-state index contributed by atoms with van der Waals surface area (Å²) in [5.74, 6) is 2.89. The number of fused-ring (bicyclic) bond motifs is 6. The fourth-order valence-corrected chi connectivity index (χ4v) is 10.6. The van der Waals surface area contributed by atoms with E-state index in [4.69, 9.17) is 14.4 Å². The third kappa shape index (κ3) is 6.53. The highest BCUT2D eigenvalue weighted by Gasteiger charge is 2.26. The number of rotatable bonds is 7. The summed E-state index contributed by atoms with van der Waals surface area (Å²) >= 11 is 1.84.